The van der Waals surface area contributed by atoms with Crippen LogP contribution in [0, 0.1) is 5.92 Å². The number of aryl methyl sites for hydroxylation is 1. The summed E-state index contributed by atoms with van der Waals surface area (Å²) >= 11 is 5.79. The molecule has 5 heteroatoms. The van der Waals surface area contributed by atoms with Crippen molar-refractivity contribution in [1.29, 1.82) is 0 Å². The van der Waals surface area contributed by atoms with Gasteiger partial charge in [-0.3, -0.25) is 4.79 Å². The predicted octanol–water partition coefficient (Wildman–Crippen LogP) is 2.89. The zero-order chi connectivity index (χ0) is 15.1. The lowest BCUT2D eigenvalue weighted by molar-refractivity contribution is -0.143. The number of nitrogens with one attached hydrogen (secondary N) is 1. The molecule has 0 aliphatic carbocycles. The Balaban J connectivity index is 2.36. The summed E-state index contributed by atoms with van der Waals surface area (Å²) in [7, 11) is 0. The van der Waals surface area contributed by atoms with Gasteiger partial charge in [0.15, 0.2) is 0 Å². The lowest BCUT2D eigenvalue weighted by Crippen LogP contribution is -2.44. The third-order valence-electron chi connectivity index (χ3n) is 3.03. The van der Waals surface area contributed by atoms with Crippen LogP contribution in [0.5, 0.6) is 0 Å². The minimum absolute atomic E-state index is 0.132. The van der Waals surface area contributed by atoms with Crippen LogP contribution in [0.2, 0.25) is 5.02 Å². The molecule has 0 aliphatic rings. The van der Waals surface area contributed by atoms with Gasteiger partial charge in [0.25, 0.3) is 0 Å². The molecular weight excluding hydrogens is 278 g/mol. The quantitative estimate of drug-likeness (QED) is 0.813. The first kappa shape index (κ1) is 16.5. The van der Waals surface area contributed by atoms with E-state index in [9.17, 15) is 9.59 Å². The van der Waals surface area contributed by atoms with Crippen molar-refractivity contribution in [3.05, 3.63) is 34.9 Å². The number of carboxylic acid groups (broad SMARTS) is 1. The standard InChI is InChI=1S/C15H20ClNO3/c1-10(2)14(15(19)20)17-13(18)5-3-4-11-6-8-12(16)9-7-11/h6-10,14H,3-5H2,1-2H3,(H,17,18)(H,19,20)/t14-/m1/s1. The van der Waals surface area contributed by atoms with Crippen LogP contribution in [0.3, 0.4) is 0 Å². The fourth-order valence-electron chi connectivity index (χ4n) is 1.86. The third kappa shape index (κ3) is 5.61. The van der Waals surface area contributed by atoms with Crippen LogP contribution in [0.25, 0.3) is 0 Å². The van der Waals surface area contributed by atoms with E-state index in [-0.39, 0.29) is 11.8 Å². The van der Waals surface area contributed by atoms with E-state index in [0.717, 1.165) is 12.0 Å². The van der Waals surface area contributed by atoms with Crippen molar-refractivity contribution in [2.45, 2.75) is 39.2 Å². The smallest absolute Gasteiger partial charge is 0.326 e. The lowest BCUT2D eigenvalue weighted by atomic mass is 10.0. The highest BCUT2D eigenvalue weighted by Crippen LogP contribution is 2.11. The molecule has 4 nitrogen and oxygen atoms in total. The summed E-state index contributed by atoms with van der Waals surface area (Å²) < 4.78 is 0. The summed E-state index contributed by atoms with van der Waals surface area (Å²) in [6, 6.07) is 6.66. The van der Waals surface area contributed by atoms with Gasteiger partial charge in [-0.15, -0.1) is 0 Å². The Hall–Kier alpha value is -1.55. The molecule has 1 aromatic carbocycles. The van der Waals surface area contributed by atoms with Crippen molar-refractivity contribution < 1.29 is 14.7 Å². The first-order valence-corrected chi connectivity index (χ1v) is 7.04. The van der Waals surface area contributed by atoms with E-state index < -0.39 is 12.0 Å². The number of carboxylic acids is 1. The molecule has 2 N–H and O–H groups in total. The largest absolute Gasteiger partial charge is 0.480 e. The number of rotatable bonds is 7. The fraction of sp³-hybridized carbons (Fsp3) is 0.467. The van der Waals surface area contributed by atoms with Gasteiger partial charge in [-0.1, -0.05) is 37.6 Å². The highest BCUT2D eigenvalue weighted by Gasteiger charge is 2.22. The molecule has 1 amide bonds. The second-order valence-electron chi connectivity index (χ2n) is 5.11. The molecular formula is C15H20ClNO3. The maximum Gasteiger partial charge on any atom is 0.326 e. The van der Waals surface area contributed by atoms with Crippen molar-refractivity contribution in [3.63, 3.8) is 0 Å². The molecule has 0 fully saturated rings. The zero-order valence-corrected chi connectivity index (χ0v) is 12.5. The molecule has 0 radical (unpaired) electrons. The van der Waals surface area contributed by atoms with Crippen LogP contribution in [-0.2, 0) is 16.0 Å². The molecule has 0 heterocycles. The molecule has 0 unspecified atom stereocenters. The van der Waals surface area contributed by atoms with Crippen LogP contribution in [-0.4, -0.2) is 23.0 Å². The van der Waals surface area contributed by atoms with E-state index in [1.807, 2.05) is 24.3 Å². The summed E-state index contributed by atoms with van der Waals surface area (Å²) in [6.07, 6.45) is 1.76. The summed E-state index contributed by atoms with van der Waals surface area (Å²) in [4.78, 5) is 22.7. The lowest BCUT2D eigenvalue weighted by Gasteiger charge is -2.17. The number of aliphatic carboxylic acids is 1. The fourth-order valence-corrected chi connectivity index (χ4v) is 1.99. The van der Waals surface area contributed by atoms with Crippen LogP contribution < -0.4 is 5.32 Å². The molecule has 1 rings (SSSR count). The average Bonchev–Trinajstić information content (AvgIpc) is 2.37. The number of carbonyl (C=O) groups excluding carboxylic acids is 1. The number of carbonyl (C=O) groups is 2. The number of hydrogen-bond acceptors (Lipinski definition) is 2. The van der Waals surface area contributed by atoms with Gasteiger partial charge in [-0.25, -0.2) is 4.79 Å². The Morgan fingerprint density at radius 3 is 2.35 bits per heavy atom. The first-order chi connectivity index (χ1) is 9.40. The Morgan fingerprint density at radius 1 is 1.25 bits per heavy atom. The van der Waals surface area contributed by atoms with Gasteiger partial charge < -0.3 is 10.4 Å². The second-order valence-corrected chi connectivity index (χ2v) is 5.54. The van der Waals surface area contributed by atoms with Crippen LogP contribution in [0.1, 0.15) is 32.3 Å². The zero-order valence-electron chi connectivity index (χ0n) is 11.7. The summed E-state index contributed by atoms with van der Waals surface area (Å²) in [5.41, 5.74) is 1.11. The Kier molecular flexibility index (Phi) is 6.52. The molecule has 0 bridgehead atoms. The van der Waals surface area contributed by atoms with Gasteiger partial charge in [-0.05, 0) is 36.5 Å². The topological polar surface area (TPSA) is 66.4 Å². The summed E-state index contributed by atoms with van der Waals surface area (Å²) in [5, 5.41) is 12.2. The van der Waals surface area contributed by atoms with Crippen LogP contribution in [0.15, 0.2) is 24.3 Å². The van der Waals surface area contributed by atoms with Gasteiger partial charge in [0.1, 0.15) is 6.04 Å². The van der Waals surface area contributed by atoms with E-state index in [1.54, 1.807) is 13.8 Å². The number of halogens is 1. The molecule has 1 atom stereocenters. The molecule has 0 aromatic heterocycles. The van der Waals surface area contributed by atoms with E-state index >= 15 is 0 Å². The third-order valence-corrected chi connectivity index (χ3v) is 3.28. The Morgan fingerprint density at radius 2 is 1.85 bits per heavy atom. The van der Waals surface area contributed by atoms with E-state index in [2.05, 4.69) is 5.32 Å². The van der Waals surface area contributed by atoms with E-state index in [4.69, 9.17) is 16.7 Å². The maximum absolute atomic E-state index is 11.7. The van der Waals surface area contributed by atoms with Gasteiger partial charge in [0.05, 0.1) is 0 Å². The Labute approximate surface area is 124 Å². The molecule has 0 spiro atoms. The monoisotopic (exact) mass is 297 g/mol. The van der Waals surface area contributed by atoms with Crippen LogP contribution in [0.4, 0.5) is 0 Å². The van der Waals surface area contributed by atoms with Crippen molar-refractivity contribution in [2.75, 3.05) is 0 Å². The van der Waals surface area contributed by atoms with Crippen molar-refractivity contribution in [2.24, 2.45) is 5.92 Å². The van der Waals surface area contributed by atoms with E-state index in [1.165, 1.54) is 0 Å². The van der Waals surface area contributed by atoms with Crippen LogP contribution >= 0.6 is 11.6 Å². The summed E-state index contributed by atoms with van der Waals surface area (Å²) in [6.45, 7) is 3.54. The number of amides is 1. The van der Waals surface area contributed by atoms with Crippen molar-refractivity contribution in [3.8, 4) is 0 Å². The number of benzene rings is 1. The molecule has 1 aromatic rings. The van der Waals surface area contributed by atoms with Crippen molar-refractivity contribution in [1.82, 2.24) is 5.32 Å². The van der Waals surface area contributed by atoms with Crippen molar-refractivity contribution >= 4 is 23.5 Å². The minimum Gasteiger partial charge on any atom is -0.480 e. The Bertz CT molecular complexity index is 457. The molecule has 110 valence electrons. The highest BCUT2D eigenvalue weighted by atomic mass is 35.5. The SMILES string of the molecule is CC(C)[C@@H](NC(=O)CCCc1ccc(Cl)cc1)C(=O)O. The van der Waals surface area contributed by atoms with Gasteiger partial charge >= 0.3 is 5.97 Å². The molecule has 0 aliphatic heterocycles. The van der Waals surface area contributed by atoms with Gasteiger partial charge in [0, 0.05) is 11.4 Å². The van der Waals surface area contributed by atoms with Gasteiger partial charge in [-0.2, -0.15) is 0 Å². The second kappa shape index (κ2) is 7.90. The highest BCUT2D eigenvalue weighted by molar-refractivity contribution is 6.30. The van der Waals surface area contributed by atoms with E-state index in [0.29, 0.717) is 17.9 Å². The molecule has 0 saturated carbocycles. The molecule has 0 saturated heterocycles. The normalized spacial score (nSPS) is 12.2. The maximum atomic E-state index is 11.7. The van der Waals surface area contributed by atoms with Gasteiger partial charge in [0.2, 0.25) is 5.91 Å². The summed E-state index contributed by atoms with van der Waals surface area (Å²) in [5.74, 6) is -1.35. The number of hydrogen-bond donors (Lipinski definition) is 2. The first-order valence-electron chi connectivity index (χ1n) is 6.66. The molecule has 20 heavy (non-hydrogen) atoms. The average molecular weight is 298 g/mol. The predicted molar refractivity (Wildman–Crippen MR) is 78.8 cm³/mol. The minimum atomic E-state index is -0.994.